The summed E-state index contributed by atoms with van der Waals surface area (Å²) in [6.07, 6.45) is 0.963. The number of nitrogens with one attached hydrogen (secondary N) is 1. The molecule has 0 atom stereocenters. The third kappa shape index (κ3) is 1.72. The van der Waals surface area contributed by atoms with Crippen LogP contribution in [0, 0.1) is 5.82 Å². The van der Waals surface area contributed by atoms with Crippen molar-refractivity contribution in [2.24, 2.45) is 0 Å². The van der Waals surface area contributed by atoms with Gasteiger partial charge in [0.2, 0.25) is 0 Å². The molecule has 1 aliphatic rings. The standard InChI is InChI=1S/C15H14FNO/c1-18-15-6-5-10(16)9-13(15)11-3-2-4-14-12(11)7-8-17-14/h2-6,9,17H,7-8H2,1H3. The first-order valence-electron chi connectivity index (χ1n) is 5.99. The van der Waals surface area contributed by atoms with Crippen LogP contribution in [0.1, 0.15) is 5.56 Å². The second-order valence-electron chi connectivity index (χ2n) is 4.35. The van der Waals surface area contributed by atoms with Gasteiger partial charge < -0.3 is 10.1 Å². The summed E-state index contributed by atoms with van der Waals surface area (Å²) in [4.78, 5) is 0. The number of rotatable bonds is 2. The molecule has 1 heterocycles. The SMILES string of the molecule is COc1ccc(F)cc1-c1cccc2c1CCN2. The zero-order chi connectivity index (χ0) is 12.5. The lowest BCUT2D eigenvalue weighted by molar-refractivity contribution is 0.415. The van der Waals surface area contributed by atoms with Gasteiger partial charge in [0.1, 0.15) is 11.6 Å². The minimum atomic E-state index is -0.241. The Labute approximate surface area is 105 Å². The van der Waals surface area contributed by atoms with Crippen LogP contribution in [0.5, 0.6) is 5.75 Å². The Balaban J connectivity index is 2.21. The summed E-state index contributed by atoms with van der Waals surface area (Å²) in [5.41, 5.74) is 4.24. The lowest BCUT2D eigenvalue weighted by atomic mass is 9.97. The molecule has 0 amide bonds. The van der Waals surface area contributed by atoms with Gasteiger partial charge in [-0.05, 0) is 41.8 Å². The summed E-state index contributed by atoms with van der Waals surface area (Å²) in [6, 6.07) is 10.7. The van der Waals surface area contributed by atoms with Crippen LogP contribution in [-0.4, -0.2) is 13.7 Å². The molecule has 0 unspecified atom stereocenters. The normalized spacial score (nSPS) is 13.0. The Morgan fingerprint density at radius 2 is 2.06 bits per heavy atom. The number of benzene rings is 2. The molecule has 1 N–H and O–H groups in total. The van der Waals surface area contributed by atoms with Crippen LogP contribution in [0.2, 0.25) is 0 Å². The van der Waals surface area contributed by atoms with Crippen molar-refractivity contribution in [3.05, 3.63) is 47.8 Å². The van der Waals surface area contributed by atoms with Crippen LogP contribution in [-0.2, 0) is 6.42 Å². The van der Waals surface area contributed by atoms with Gasteiger partial charge >= 0.3 is 0 Å². The predicted molar refractivity (Wildman–Crippen MR) is 70.6 cm³/mol. The highest BCUT2D eigenvalue weighted by atomic mass is 19.1. The largest absolute Gasteiger partial charge is 0.496 e. The smallest absolute Gasteiger partial charge is 0.126 e. The maximum absolute atomic E-state index is 13.4. The summed E-state index contributed by atoms with van der Waals surface area (Å²) >= 11 is 0. The Morgan fingerprint density at radius 1 is 1.17 bits per heavy atom. The molecule has 92 valence electrons. The van der Waals surface area contributed by atoms with Crippen molar-refractivity contribution in [3.63, 3.8) is 0 Å². The first-order chi connectivity index (χ1) is 8.79. The van der Waals surface area contributed by atoms with Crippen molar-refractivity contribution in [1.82, 2.24) is 0 Å². The van der Waals surface area contributed by atoms with Crippen molar-refractivity contribution < 1.29 is 9.13 Å². The van der Waals surface area contributed by atoms with Crippen molar-refractivity contribution in [2.75, 3.05) is 19.0 Å². The van der Waals surface area contributed by atoms with Gasteiger partial charge in [0.25, 0.3) is 0 Å². The van der Waals surface area contributed by atoms with Crippen LogP contribution in [0.25, 0.3) is 11.1 Å². The van der Waals surface area contributed by atoms with E-state index in [0.29, 0.717) is 5.75 Å². The number of fused-ring (bicyclic) bond motifs is 1. The molecule has 0 fully saturated rings. The fourth-order valence-corrected chi connectivity index (χ4v) is 2.49. The van der Waals surface area contributed by atoms with E-state index in [1.807, 2.05) is 12.1 Å². The molecule has 2 aromatic carbocycles. The zero-order valence-corrected chi connectivity index (χ0v) is 10.2. The van der Waals surface area contributed by atoms with Gasteiger partial charge in [0, 0.05) is 17.8 Å². The van der Waals surface area contributed by atoms with E-state index in [4.69, 9.17) is 4.74 Å². The van der Waals surface area contributed by atoms with Gasteiger partial charge in [-0.3, -0.25) is 0 Å². The summed E-state index contributed by atoms with van der Waals surface area (Å²) in [7, 11) is 1.61. The second kappa shape index (κ2) is 4.33. The number of hydrogen-bond acceptors (Lipinski definition) is 2. The molecule has 0 radical (unpaired) electrons. The molecule has 0 bridgehead atoms. The highest BCUT2D eigenvalue weighted by Gasteiger charge is 2.17. The van der Waals surface area contributed by atoms with Crippen LogP contribution in [0.3, 0.4) is 0 Å². The molecule has 3 rings (SSSR count). The molecule has 0 aliphatic carbocycles. The first-order valence-corrected chi connectivity index (χ1v) is 5.99. The minimum absolute atomic E-state index is 0.241. The number of halogens is 1. The lowest BCUT2D eigenvalue weighted by Crippen LogP contribution is -1.92. The minimum Gasteiger partial charge on any atom is -0.496 e. The Morgan fingerprint density at radius 3 is 2.89 bits per heavy atom. The number of hydrogen-bond donors (Lipinski definition) is 1. The molecule has 0 saturated heterocycles. The third-order valence-corrected chi connectivity index (χ3v) is 3.32. The molecule has 0 aromatic heterocycles. The topological polar surface area (TPSA) is 21.3 Å². The molecule has 1 aliphatic heterocycles. The van der Waals surface area contributed by atoms with Crippen LogP contribution < -0.4 is 10.1 Å². The summed E-state index contributed by atoms with van der Waals surface area (Å²) in [5.74, 6) is 0.464. The second-order valence-corrected chi connectivity index (χ2v) is 4.35. The zero-order valence-electron chi connectivity index (χ0n) is 10.2. The van der Waals surface area contributed by atoms with E-state index in [1.54, 1.807) is 13.2 Å². The summed E-state index contributed by atoms with van der Waals surface area (Å²) in [5, 5.41) is 3.33. The highest BCUT2D eigenvalue weighted by molar-refractivity contribution is 5.79. The number of ether oxygens (including phenoxy) is 1. The average molecular weight is 243 g/mol. The van der Waals surface area contributed by atoms with E-state index in [9.17, 15) is 4.39 Å². The van der Waals surface area contributed by atoms with Crippen molar-refractivity contribution in [2.45, 2.75) is 6.42 Å². The maximum atomic E-state index is 13.4. The van der Waals surface area contributed by atoms with Crippen LogP contribution in [0.15, 0.2) is 36.4 Å². The van der Waals surface area contributed by atoms with E-state index in [2.05, 4.69) is 11.4 Å². The molecular weight excluding hydrogens is 229 g/mol. The molecule has 0 spiro atoms. The van der Waals surface area contributed by atoms with E-state index in [0.717, 1.165) is 29.8 Å². The third-order valence-electron chi connectivity index (χ3n) is 3.32. The van der Waals surface area contributed by atoms with E-state index in [-0.39, 0.29) is 5.82 Å². The molecule has 2 nitrogen and oxygen atoms in total. The quantitative estimate of drug-likeness (QED) is 0.872. The van der Waals surface area contributed by atoms with Crippen LogP contribution in [0.4, 0.5) is 10.1 Å². The maximum Gasteiger partial charge on any atom is 0.126 e. The summed E-state index contributed by atoms with van der Waals surface area (Å²) in [6.45, 7) is 0.935. The van der Waals surface area contributed by atoms with E-state index in [1.165, 1.54) is 17.7 Å². The Bertz CT molecular complexity index is 595. The average Bonchev–Trinajstić information content (AvgIpc) is 2.86. The van der Waals surface area contributed by atoms with Crippen molar-refractivity contribution in [3.8, 4) is 16.9 Å². The lowest BCUT2D eigenvalue weighted by Gasteiger charge is -2.12. The van der Waals surface area contributed by atoms with Crippen LogP contribution >= 0.6 is 0 Å². The molecule has 2 aromatic rings. The fraction of sp³-hybridized carbons (Fsp3) is 0.200. The van der Waals surface area contributed by atoms with E-state index < -0.39 is 0 Å². The van der Waals surface area contributed by atoms with Gasteiger partial charge in [-0.25, -0.2) is 4.39 Å². The summed E-state index contributed by atoms with van der Waals surface area (Å²) < 4.78 is 18.8. The predicted octanol–water partition coefficient (Wildman–Crippen LogP) is 3.47. The number of methoxy groups -OCH3 is 1. The molecule has 18 heavy (non-hydrogen) atoms. The Kier molecular flexibility index (Phi) is 2.67. The number of anilines is 1. The van der Waals surface area contributed by atoms with Gasteiger partial charge in [-0.2, -0.15) is 0 Å². The van der Waals surface area contributed by atoms with Crippen molar-refractivity contribution in [1.29, 1.82) is 0 Å². The highest BCUT2D eigenvalue weighted by Crippen LogP contribution is 2.37. The molecule has 3 heteroatoms. The molecular formula is C15H14FNO. The van der Waals surface area contributed by atoms with Gasteiger partial charge in [-0.1, -0.05) is 12.1 Å². The van der Waals surface area contributed by atoms with Crippen molar-refractivity contribution >= 4 is 5.69 Å². The van der Waals surface area contributed by atoms with Gasteiger partial charge in [0.05, 0.1) is 7.11 Å². The van der Waals surface area contributed by atoms with Gasteiger partial charge in [-0.15, -0.1) is 0 Å². The first kappa shape index (κ1) is 11.1. The Hall–Kier alpha value is -2.03. The van der Waals surface area contributed by atoms with E-state index >= 15 is 0 Å². The fourth-order valence-electron chi connectivity index (χ4n) is 2.49. The van der Waals surface area contributed by atoms with Gasteiger partial charge in [0.15, 0.2) is 0 Å². The molecule has 0 saturated carbocycles. The monoisotopic (exact) mass is 243 g/mol.